The Balaban J connectivity index is 3.13. The Kier molecular flexibility index (Phi) is 3.66. The predicted molar refractivity (Wildman–Crippen MR) is 59.5 cm³/mol. The zero-order valence-corrected chi connectivity index (χ0v) is 9.32. The fraction of sp³-hybridized carbons (Fsp3) is 0.455. The van der Waals surface area contributed by atoms with Crippen LogP contribution in [-0.2, 0) is 0 Å². The van der Waals surface area contributed by atoms with Crippen molar-refractivity contribution in [2.45, 2.75) is 20.8 Å². The number of carbonyl (C=O) groups is 1. The van der Waals surface area contributed by atoms with Crippen LogP contribution in [0.3, 0.4) is 0 Å². The maximum Gasteiger partial charge on any atom is 0.354 e. The van der Waals surface area contributed by atoms with Crippen LogP contribution in [0, 0.1) is 6.92 Å². The van der Waals surface area contributed by atoms with Gasteiger partial charge in [0.2, 0.25) is 0 Å². The minimum atomic E-state index is -0.980. The molecule has 0 bridgehead atoms. The van der Waals surface area contributed by atoms with E-state index in [0.717, 1.165) is 24.5 Å². The summed E-state index contributed by atoms with van der Waals surface area (Å²) in [6.45, 7) is 7.57. The molecule has 82 valence electrons. The van der Waals surface area contributed by atoms with Crippen LogP contribution in [0.5, 0.6) is 0 Å². The first-order valence-electron chi connectivity index (χ1n) is 5.05. The van der Waals surface area contributed by atoms with Crippen molar-refractivity contribution in [3.63, 3.8) is 0 Å². The highest BCUT2D eigenvalue weighted by Crippen LogP contribution is 2.14. The van der Waals surface area contributed by atoms with Gasteiger partial charge in [0.15, 0.2) is 5.69 Å². The number of pyridine rings is 1. The number of carboxylic acid groups (broad SMARTS) is 1. The molecular weight excluding hydrogens is 192 g/mol. The molecule has 0 atom stereocenters. The van der Waals surface area contributed by atoms with Gasteiger partial charge in [-0.05, 0) is 38.5 Å². The maximum atomic E-state index is 10.8. The molecule has 0 saturated carbocycles. The fourth-order valence-electron chi connectivity index (χ4n) is 1.47. The number of aryl methyl sites for hydroxylation is 1. The number of anilines is 1. The average Bonchev–Trinajstić information content (AvgIpc) is 2.18. The van der Waals surface area contributed by atoms with E-state index in [-0.39, 0.29) is 5.69 Å². The predicted octanol–water partition coefficient (Wildman–Crippen LogP) is 1.93. The number of aromatic nitrogens is 1. The normalized spacial score (nSPS) is 10.1. The Bertz CT molecular complexity index is 360. The van der Waals surface area contributed by atoms with Crippen molar-refractivity contribution in [1.82, 2.24) is 4.98 Å². The summed E-state index contributed by atoms with van der Waals surface area (Å²) in [5.74, 6) is -0.246. The molecule has 15 heavy (non-hydrogen) atoms. The lowest BCUT2D eigenvalue weighted by molar-refractivity contribution is 0.0690. The summed E-state index contributed by atoms with van der Waals surface area (Å²) >= 11 is 0. The lowest BCUT2D eigenvalue weighted by atomic mass is 10.2. The van der Waals surface area contributed by atoms with Crippen molar-refractivity contribution in [1.29, 1.82) is 0 Å². The van der Waals surface area contributed by atoms with Crippen molar-refractivity contribution in [3.05, 3.63) is 23.4 Å². The van der Waals surface area contributed by atoms with Crippen molar-refractivity contribution < 1.29 is 9.90 Å². The fourth-order valence-corrected chi connectivity index (χ4v) is 1.47. The van der Waals surface area contributed by atoms with E-state index in [1.165, 1.54) is 0 Å². The van der Waals surface area contributed by atoms with Crippen molar-refractivity contribution in [2.75, 3.05) is 18.0 Å². The highest BCUT2D eigenvalue weighted by molar-refractivity contribution is 5.86. The van der Waals surface area contributed by atoms with Crippen molar-refractivity contribution in [2.24, 2.45) is 0 Å². The molecule has 0 radical (unpaired) electrons. The molecule has 0 aliphatic carbocycles. The summed E-state index contributed by atoms with van der Waals surface area (Å²) in [5.41, 5.74) is 1.03. The van der Waals surface area contributed by atoms with E-state index >= 15 is 0 Å². The van der Waals surface area contributed by atoms with Crippen LogP contribution in [0.15, 0.2) is 12.1 Å². The molecule has 1 rings (SSSR count). The highest BCUT2D eigenvalue weighted by atomic mass is 16.4. The van der Waals surface area contributed by atoms with Gasteiger partial charge in [-0.2, -0.15) is 0 Å². The Morgan fingerprint density at radius 1 is 1.40 bits per heavy atom. The third-order valence-corrected chi connectivity index (χ3v) is 2.26. The molecule has 1 heterocycles. The smallest absolute Gasteiger partial charge is 0.354 e. The van der Waals surface area contributed by atoms with Gasteiger partial charge in [-0.15, -0.1) is 0 Å². The second-order valence-corrected chi connectivity index (χ2v) is 3.37. The van der Waals surface area contributed by atoms with Crippen LogP contribution < -0.4 is 4.90 Å². The van der Waals surface area contributed by atoms with E-state index < -0.39 is 5.97 Å². The van der Waals surface area contributed by atoms with E-state index in [2.05, 4.69) is 4.98 Å². The zero-order chi connectivity index (χ0) is 11.4. The van der Waals surface area contributed by atoms with Gasteiger partial charge in [-0.3, -0.25) is 0 Å². The number of nitrogens with zero attached hydrogens (tertiary/aromatic N) is 2. The molecule has 0 fully saturated rings. The molecule has 0 saturated heterocycles. The first kappa shape index (κ1) is 11.5. The molecule has 0 amide bonds. The number of rotatable bonds is 4. The Labute approximate surface area is 89.6 Å². The van der Waals surface area contributed by atoms with E-state index in [9.17, 15) is 4.79 Å². The molecule has 0 spiro atoms. The molecule has 4 nitrogen and oxygen atoms in total. The van der Waals surface area contributed by atoms with Gasteiger partial charge in [0.1, 0.15) is 5.82 Å². The average molecular weight is 208 g/mol. The van der Waals surface area contributed by atoms with E-state index in [4.69, 9.17) is 5.11 Å². The summed E-state index contributed by atoms with van der Waals surface area (Å²) in [4.78, 5) is 17.0. The second kappa shape index (κ2) is 4.77. The van der Waals surface area contributed by atoms with Crippen LogP contribution in [0.1, 0.15) is 29.9 Å². The molecule has 0 aromatic carbocycles. The Hall–Kier alpha value is -1.58. The molecule has 0 unspecified atom stereocenters. The summed E-state index contributed by atoms with van der Waals surface area (Å²) in [7, 11) is 0. The van der Waals surface area contributed by atoms with E-state index in [1.54, 1.807) is 6.07 Å². The molecular formula is C11H16N2O2. The summed E-state index contributed by atoms with van der Waals surface area (Å²) in [5, 5.41) is 8.88. The third-order valence-electron chi connectivity index (χ3n) is 2.26. The van der Waals surface area contributed by atoms with Gasteiger partial charge in [0.25, 0.3) is 0 Å². The van der Waals surface area contributed by atoms with Gasteiger partial charge in [0.05, 0.1) is 0 Å². The lowest BCUT2D eigenvalue weighted by Gasteiger charge is -2.20. The van der Waals surface area contributed by atoms with Gasteiger partial charge in [-0.25, -0.2) is 9.78 Å². The molecule has 1 N–H and O–H groups in total. The molecule has 1 aromatic rings. The number of carboxylic acids is 1. The summed E-state index contributed by atoms with van der Waals surface area (Å²) in [6.07, 6.45) is 0. The first-order chi connectivity index (χ1) is 7.08. The molecule has 4 heteroatoms. The van der Waals surface area contributed by atoms with Gasteiger partial charge in [-0.1, -0.05) is 0 Å². The highest BCUT2D eigenvalue weighted by Gasteiger charge is 2.10. The summed E-state index contributed by atoms with van der Waals surface area (Å²) in [6, 6.07) is 3.48. The van der Waals surface area contributed by atoms with Gasteiger partial charge in [0, 0.05) is 13.1 Å². The lowest BCUT2D eigenvalue weighted by Crippen LogP contribution is -2.23. The third kappa shape index (κ3) is 2.68. The standard InChI is InChI=1S/C11H16N2O2/c1-4-13(5-2)10-7-8(3)6-9(12-10)11(14)15/h6-7H,4-5H2,1-3H3,(H,14,15). The van der Waals surface area contributed by atoms with E-state index in [0.29, 0.717) is 0 Å². The minimum absolute atomic E-state index is 0.108. The van der Waals surface area contributed by atoms with Crippen molar-refractivity contribution in [3.8, 4) is 0 Å². The van der Waals surface area contributed by atoms with E-state index in [1.807, 2.05) is 31.7 Å². The Morgan fingerprint density at radius 2 is 2.00 bits per heavy atom. The number of hydrogen-bond donors (Lipinski definition) is 1. The molecule has 0 aliphatic heterocycles. The van der Waals surface area contributed by atoms with Crippen molar-refractivity contribution >= 4 is 11.8 Å². The van der Waals surface area contributed by atoms with Gasteiger partial charge >= 0.3 is 5.97 Å². The van der Waals surface area contributed by atoms with Crippen LogP contribution in [0.2, 0.25) is 0 Å². The minimum Gasteiger partial charge on any atom is -0.477 e. The van der Waals surface area contributed by atoms with Crippen LogP contribution in [0.25, 0.3) is 0 Å². The quantitative estimate of drug-likeness (QED) is 0.821. The molecule has 0 aliphatic rings. The number of hydrogen-bond acceptors (Lipinski definition) is 3. The maximum absolute atomic E-state index is 10.8. The van der Waals surface area contributed by atoms with Crippen LogP contribution in [-0.4, -0.2) is 29.1 Å². The zero-order valence-electron chi connectivity index (χ0n) is 9.32. The topological polar surface area (TPSA) is 53.4 Å². The van der Waals surface area contributed by atoms with Gasteiger partial charge < -0.3 is 10.0 Å². The SMILES string of the molecule is CCN(CC)c1cc(C)cc(C(=O)O)n1. The monoisotopic (exact) mass is 208 g/mol. The number of aromatic carboxylic acids is 1. The Morgan fingerprint density at radius 3 is 2.47 bits per heavy atom. The first-order valence-corrected chi connectivity index (χ1v) is 5.05. The molecule has 1 aromatic heterocycles. The second-order valence-electron chi connectivity index (χ2n) is 3.37. The van der Waals surface area contributed by atoms with Crippen LogP contribution >= 0.6 is 0 Å². The largest absolute Gasteiger partial charge is 0.477 e. The van der Waals surface area contributed by atoms with Crippen LogP contribution in [0.4, 0.5) is 5.82 Å². The summed E-state index contributed by atoms with van der Waals surface area (Å²) < 4.78 is 0.